The molecule has 0 atom stereocenters. The molecule has 146 valence electrons. The summed E-state index contributed by atoms with van der Waals surface area (Å²) >= 11 is 0. The molecule has 0 fully saturated rings. The van der Waals surface area contributed by atoms with E-state index < -0.39 is 6.36 Å². The maximum Gasteiger partial charge on any atom is 0.573 e. The van der Waals surface area contributed by atoms with E-state index in [0.717, 1.165) is 4.68 Å². The number of ether oxygens (including phenoxy) is 1. The summed E-state index contributed by atoms with van der Waals surface area (Å²) in [4.78, 5) is 0. The zero-order valence-corrected chi connectivity index (χ0v) is 14.9. The van der Waals surface area contributed by atoms with Crippen LogP contribution in [0, 0.1) is 0 Å². The van der Waals surface area contributed by atoms with E-state index in [1.165, 1.54) is 36.8 Å². The van der Waals surface area contributed by atoms with E-state index in [0.29, 0.717) is 17.1 Å². The molecule has 0 aliphatic carbocycles. The first-order valence-electron chi connectivity index (χ1n) is 6.81. The molecule has 27 heavy (non-hydrogen) atoms. The van der Waals surface area contributed by atoms with Gasteiger partial charge in [-0.3, -0.25) is 0 Å². The quantitative estimate of drug-likeness (QED) is 0.369. The first-order chi connectivity index (χ1) is 11.9. The molecule has 0 radical (unpaired) electrons. The SMILES string of the molecule is Cl.Cl.Nn1cnnc1NN=Cc1ccc(-c2ccc(OC(F)(F)F)cc2)o1. The van der Waals surface area contributed by atoms with E-state index in [9.17, 15) is 13.2 Å². The number of nitrogens with two attached hydrogens (primary N) is 1. The van der Waals surface area contributed by atoms with Gasteiger partial charge in [0.05, 0.1) is 6.21 Å². The smallest absolute Gasteiger partial charge is 0.455 e. The molecule has 2 heterocycles. The van der Waals surface area contributed by atoms with Crippen LogP contribution in [0.2, 0.25) is 0 Å². The molecule has 8 nitrogen and oxygen atoms in total. The highest BCUT2D eigenvalue weighted by Gasteiger charge is 2.30. The summed E-state index contributed by atoms with van der Waals surface area (Å²) in [7, 11) is 0. The molecule has 0 saturated carbocycles. The molecule has 0 unspecified atom stereocenters. The minimum atomic E-state index is -4.73. The van der Waals surface area contributed by atoms with E-state index in [4.69, 9.17) is 10.3 Å². The van der Waals surface area contributed by atoms with Gasteiger partial charge in [-0.25, -0.2) is 10.1 Å². The van der Waals surface area contributed by atoms with Crippen molar-refractivity contribution in [2.75, 3.05) is 11.3 Å². The van der Waals surface area contributed by atoms with Gasteiger partial charge in [-0.1, -0.05) is 0 Å². The lowest BCUT2D eigenvalue weighted by Gasteiger charge is -2.08. The van der Waals surface area contributed by atoms with E-state index in [1.54, 1.807) is 12.1 Å². The highest BCUT2D eigenvalue weighted by molar-refractivity contribution is 5.85. The molecule has 13 heteroatoms. The summed E-state index contributed by atoms with van der Waals surface area (Å²) in [6.07, 6.45) is -2.04. The van der Waals surface area contributed by atoms with Gasteiger partial charge in [0.25, 0.3) is 5.95 Å². The van der Waals surface area contributed by atoms with Crippen LogP contribution in [0.5, 0.6) is 5.75 Å². The van der Waals surface area contributed by atoms with Gasteiger partial charge in [-0.05, 0) is 36.4 Å². The lowest BCUT2D eigenvalue weighted by atomic mass is 10.2. The van der Waals surface area contributed by atoms with Gasteiger partial charge >= 0.3 is 6.36 Å². The Morgan fingerprint density at radius 3 is 2.44 bits per heavy atom. The van der Waals surface area contributed by atoms with Gasteiger partial charge in [0.15, 0.2) is 0 Å². The Bertz CT molecular complexity index is 880. The topological polar surface area (TPSA) is 103 Å². The molecular weight excluding hydrogens is 412 g/mol. The van der Waals surface area contributed by atoms with Crippen LogP contribution in [-0.2, 0) is 0 Å². The van der Waals surface area contributed by atoms with E-state index in [-0.39, 0.29) is 36.5 Å². The normalized spacial score (nSPS) is 10.9. The van der Waals surface area contributed by atoms with Crippen LogP contribution >= 0.6 is 24.8 Å². The lowest BCUT2D eigenvalue weighted by molar-refractivity contribution is -0.274. The van der Waals surface area contributed by atoms with Crippen molar-refractivity contribution in [1.29, 1.82) is 0 Å². The minimum absolute atomic E-state index is 0. The van der Waals surface area contributed by atoms with Gasteiger partial charge < -0.3 is 15.0 Å². The largest absolute Gasteiger partial charge is 0.573 e. The molecule has 2 aromatic heterocycles. The Labute approximate surface area is 163 Å². The van der Waals surface area contributed by atoms with Crippen molar-refractivity contribution in [2.45, 2.75) is 6.36 Å². The van der Waals surface area contributed by atoms with E-state index in [1.807, 2.05) is 0 Å². The Morgan fingerprint density at radius 1 is 1.15 bits per heavy atom. The number of aromatic nitrogens is 3. The van der Waals surface area contributed by atoms with Gasteiger partial charge in [-0.15, -0.1) is 48.2 Å². The standard InChI is InChI=1S/C14H11F3N6O2.2ClH/c15-14(16,17)25-10-3-1-9(2-4-10)12-6-5-11(24-12)7-19-21-13-22-20-8-23(13)18;;/h1-8H,18H2,(H,21,22);2*1H. The molecule has 0 amide bonds. The summed E-state index contributed by atoms with van der Waals surface area (Å²) in [5.74, 6) is 6.31. The average Bonchev–Trinajstić information content (AvgIpc) is 3.16. The number of rotatable bonds is 5. The zero-order chi connectivity index (χ0) is 17.9. The fraction of sp³-hybridized carbons (Fsp3) is 0.0714. The summed E-state index contributed by atoms with van der Waals surface area (Å²) in [6.45, 7) is 0. The second-order valence-electron chi connectivity index (χ2n) is 4.71. The van der Waals surface area contributed by atoms with E-state index >= 15 is 0 Å². The molecule has 0 saturated heterocycles. The number of benzene rings is 1. The van der Waals surface area contributed by atoms with Crippen LogP contribution in [0.15, 0.2) is 52.2 Å². The Balaban J connectivity index is 0.00000182. The van der Waals surface area contributed by atoms with Crippen molar-refractivity contribution in [3.8, 4) is 17.1 Å². The number of halogens is 5. The summed E-state index contributed by atoms with van der Waals surface area (Å²) < 4.78 is 46.9. The van der Waals surface area contributed by atoms with Crippen molar-refractivity contribution >= 4 is 37.0 Å². The first kappa shape index (κ1) is 22.1. The third kappa shape index (κ3) is 6.08. The summed E-state index contributed by atoms with van der Waals surface area (Å²) in [5, 5.41) is 11.1. The fourth-order valence-electron chi connectivity index (χ4n) is 1.87. The third-order valence-electron chi connectivity index (χ3n) is 2.93. The number of nitrogen functional groups attached to an aromatic ring is 1. The van der Waals surface area contributed by atoms with Crippen LogP contribution in [-0.4, -0.2) is 27.5 Å². The lowest BCUT2D eigenvalue weighted by Crippen LogP contribution is -2.16. The minimum Gasteiger partial charge on any atom is -0.455 e. The van der Waals surface area contributed by atoms with Gasteiger partial charge in [0.1, 0.15) is 23.6 Å². The number of nitrogens with zero attached hydrogens (tertiary/aromatic N) is 4. The zero-order valence-electron chi connectivity index (χ0n) is 13.3. The second kappa shape index (κ2) is 9.14. The fourth-order valence-corrected chi connectivity index (χ4v) is 1.87. The van der Waals surface area contributed by atoms with Crippen molar-refractivity contribution in [2.24, 2.45) is 5.10 Å². The average molecular weight is 425 g/mol. The Kier molecular flexibility index (Phi) is 7.49. The van der Waals surface area contributed by atoms with E-state index in [2.05, 4.69) is 25.5 Å². The molecule has 0 spiro atoms. The predicted molar refractivity (Wildman–Crippen MR) is 96.7 cm³/mol. The van der Waals surface area contributed by atoms with Gasteiger partial charge in [0, 0.05) is 5.56 Å². The summed E-state index contributed by atoms with van der Waals surface area (Å²) in [5.41, 5.74) is 3.16. The Hall–Kier alpha value is -2.92. The van der Waals surface area contributed by atoms with Crippen LogP contribution in [0.25, 0.3) is 11.3 Å². The number of anilines is 1. The number of hydrogen-bond donors (Lipinski definition) is 2. The van der Waals surface area contributed by atoms with Gasteiger partial charge in [0.2, 0.25) is 0 Å². The number of nitrogens with one attached hydrogen (secondary N) is 1. The molecule has 0 aliphatic rings. The molecule has 0 aliphatic heterocycles. The maximum absolute atomic E-state index is 12.1. The molecule has 3 rings (SSSR count). The van der Waals surface area contributed by atoms with Crippen molar-refractivity contribution in [3.05, 3.63) is 48.5 Å². The van der Waals surface area contributed by atoms with Crippen molar-refractivity contribution < 1.29 is 22.3 Å². The molecule has 0 bridgehead atoms. The molecule has 1 aromatic carbocycles. The molecular formula is C14H13Cl2F3N6O2. The number of hydrogen-bond acceptors (Lipinski definition) is 7. The van der Waals surface area contributed by atoms with Crippen LogP contribution in [0.4, 0.5) is 19.1 Å². The Morgan fingerprint density at radius 2 is 1.85 bits per heavy atom. The molecule has 3 N–H and O–H groups in total. The van der Waals surface area contributed by atoms with Crippen LogP contribution in [0.3, 0.4) is 0 Å². The summed E-state index contributed by atoms with van der Waals surface area (Å²) in [6, 6.07) is 8.62. The van der Waals surface area contributed by atoms with Gasteiger partial charge in [-0.2, -0.15) is 5.10 Å². The number of hydrazone groups is 1. The van der Waals surface area contributed by atoms with Crippen LogP contribution < -0.4 is 16.0 Å². The highest BCUT2D eigenvalue weighted by atomic mass is 35.5. The third-order valence-corrected chi connectivity index (χ3v) is 2.93. The number of alkyl halides is 3. The van der Waals surface area contributed by atoms with Crippen molar-refractivity contribution in [1.82, 2.24) is 14.9 Å². The molecule has 3 aromatic rings. The monoisotopic (exact) mass is 424 g/mol. The number of furan rings is 1. The predicted octanol–water partition coefficient (Wildman–Crippen LogP) is 3.44. The maximum atomic E-state index is 12.1. The van der Waals surface area contributed by atoms with Crippen LogP contribution in [0.1, 0.15) is 5.76 Å². The highest BCUT2D eigenvalue weighted by Crippen LogP contribution is 2.27. The second-order valence-corrected chi connectivity index (χ2v) is 4.71. The van der Waals surface area contributed by atoms with Crippen molar-refractivity contribution in [3.63, 3.8) is 0 Å². The first-order valence-corrected chi connectivity index (χ1v) is 6.81.